The number of anilines is 2. The fourth-order valence-corrected chi connectivity index (χ4v) is 1.93. The molecule has 8 heteroatoms. The van der Waals surface area contributed by atoms with E-state index >= 15 is 0 Å². The number of nitrogens with zero attached hydrogens (tertiary/aromatic N) is 2. The normalized spacial score (nSPS) is 11.4. The maximum atomic E-state index is 13.6. The number of benzene rings is 1. The van der Waals surface area contributed by atoms with Crippen LogP contribution >= 0.6 is 0 Å². The van der Waals surface area contributed by atoms with Crippen LogP contribution < -0.4 is 10.1 Å². The van der Waals surface area contributed by atoms with Gasteiger partial charge in [0.25, 0.3) is 0 Å². The Morgan fingerprint density at radius 3 is 2.58 bits per heavy atom. The van der Waals surface area contributed by atoms with Crippen molar-refractivity contribution < 1.29 is 22.3 Å². The van der Waals surface area contributed by atoms with Gasteiger partial charge in [-0.25, -0.2) is 9.37 Å². The van der Waals surface area contributed by atoms with Gasteiger partial charge in [0, 0.05) is 6.20 Å². The number of halogens is 4. The summed E-state index contributed by atoms with van der Waals surface area (Å²) in [7, 11) is 0. The first kappa shape index (κ1) is 18.0. The second-order valence-corrected chi connectivity index (χ2v) is 5.07. The molecule has 0 saturated carbocycles. The van der Waals surface area contributed by atoms with Gasteiger partial charge in [0.05, 0.1) is 12.3 Å². The maximum absolute atomic E-state index is 13.6. The minimum atomic E-state index is -4.63. The lowest BCUT2D eigenvalue weighted by atomic mass is 10.2. The largest absolute Gasteiger partial charge is 0.477 e. The average Bonchev–Trinajstić information content (AvgIpc) is 2.53. The molecule has 0 saturated heterocycles. The van der Waals surface area contributed by atoms with Crippen LogP contribution in [-0.4, -0.2) is 16.6 Å². The monoisotopic (exact) mass is 343 g/mol. The molecule has 1 aromatic carbocycles. The van der Waals surface area contributed by atoms with Gasteiger partial charge in [-0.15, -0.1) is 0 Å². The van der Waals surface area contributed by atoms with Gasteiger partial charge in [0.15, 0.2) is 0 Å². The summed E-state index contributed by atoms with van der Waals surface area (Å²) in [5.74, 6) is -1.29. The number of hydrogen-bond donors (Lipinski definition) is 1. The molecule has 1 heterocycles. The molecular formula is C16H17F4N3O. The standard InChI is InChI=1S/C16H17F4N3O/c1-2-3-6-9-24-14-11(16(18,19)20)10-21-15(23-14)22-13-8-5-4-7-12(13)17/h4-5,7-8,10H,2-3,6,9H2,1H3,(H,21,22,23). The summed E-state index contributed by atoms with van der Waals surface area (Å²) >= 11 is 0. The number of para-hydroxylation sites is 1. The Balaban J connectivity index is 2.23. The van der Waals surface area contributed by atoms with Gasteiger partial charge in [0.1, 0.15) is 11.4 Å². The molecule has 0 radical (unpaired) electrons. The summed E-state index contributed by atoms with van der Waals surface area (Å²) in [6.45, 7) is 2.09. The highest BCUT2D eigenvalue weighted by Gasteiger charge is 2.36. The Bertz CT molecular complexity index is 677. The van der Waals surface area contributed by atoms with E-state index in [1.807, 2.05) is 6.92 Å². The van der Waals surface area contributed by atoms with Gasteiger partial charge in [-0.05, 0) is 18.6 Å². The van der Waals surface area contributed by atoms with Crippen molar-refractivity contribution in [3.63, 3.8) is 0 Å². The van der Waals surface area contributed by atoms with Crippen LogP contribution in [0.4, 0.5) is 29.2 Å². The third kappa shape index (κ3) is 4.81. The summed E-state index contributed by atoms with van der Waals surface area (Å²) in [6.07, 6.45) is -1.62. The molecule has 0 amide bonds. The Morgan fingerprint density at radius 2 is 1.92 bits per heavy atom. The predicted molar refractivity (Wildman–Crippen MR) is 81.7 cm³/mol. The summed E-state index contributed by atoms with van der Waals surface area (Å²) in [6, 6.07) is 5.72. The molecule has 130 valence electrons. The van der Waals surface area contributed by atoms with Crippen LogP contribution in [0.1, 0.15) is 31.7 Å². The molecule has 0 aliphatic rings. The number of ether oxygens (including phenoxy) is 1. The van der Waals surface area contributed by atoms with Crippen molar-refractivity contribution in [2.45, 2.75) is 32.4 Å². The Labute approximate surface area is 136 Å². The molecule has 1 N–H and O–H groups in total. The highest BCUT2D eigenvalue weighted by atomic mass is 19.4. The first-order valence-electron chi connectivity index (χ1n) is 7.50. The molecule has 1 aromatic heterocycles. The Hall–Kier alpha value is -2.38. The molecule has 2 rings (SSSR count). The van der Waals surface area contributed by atoms with E-state index < -0.39 is 23.4 Å². The van der Waals surface area contributed by atoms with Crippen LogP contribution in [0.2, 0.25) is 0 Å². The topological polar surface area (TPSA) is 47.0 Å². The molecule has 0 aliphatic carbocycles. The van der Waals surface area contributed by atoms with Crippen molar-refractivity contribution in [1.29, 1.82) is 0 Å². The molecule has 0 fully saturated rings. The molecule has 24 heavy (non-hydrogen) atoms. The van der Waals surface area contributed by atoms with Gasteiger partial charge in [-0.2, -0.15) is 18.2 Å². The zero-order chi connectivity index (χ0) is 17.6. The molecule has 0 bridgehead atoms. The van der Waals surface area contributed by atoms with Crippen molar-refractivity contribution in [3.8, 4) is 5.88 Å². The molecule has 0 aliphatic heterocycles. The number of hydrogen-bond acceptors (Lipinski definition) is 4. The van der Waals surface area contributed by atoms with Gasteiger partial charge in [-0.1, -0.05) is 31.9 Å². The SMILES string of the molecule is CCCCCOc1nc(Nc2ccccc2F)ncc1C(F)(F)F. The van der Waals surface area contributed by atoms with E-state index in [1.54, 1.807) is 6.07 Å². The van der Waals surface area contributed by atoms with Crippen molar-refractivity contribution in [2.75, 3.05) is 11.9 Å². The number of alkyl halides is 3. The smallest absolute Gasteiger partial charge is 0.423 e. The summed E-state index contributed by atoms with van der Waals surface area (Å²) in [5.41, 5.74) is -0.993. The zero-order valence-electron chi connectivity index (χ0n) is 13.0. The number of rotatable bonds is 7. The van der Waals surface area contributed by atoms with Crippen LogP contribution in [0.15, 0.2) is 30.5 Å². The lowest BCUT2D eigenvalue weighted by Gasteiger charge is -2.14. The minimum absolute atomic E-state index is 0.0641. The van der Waals surface area contributed by atoms with Gasteiger partial charge in [0.2, 0.25) is 11.8 Å². The maximum Gasteiger partial charge on any atom is 0.423 e. The van der Waals surface area contributed by atoms with Crippen molar-refractivity contribution in [1.82, 2.24) is 9.97 Å². The van der Waals surface area contributed by atoms with Gasteiger partial charge < -0.3 is 10.1 Å². The average molecular weight is 343 g/mol. The fraction of sp³-hybridized carbons (Fsp3) is 0.375. The molecule has 0 unspecified atom stereocenters. The molecule has 2 aromatic rings. The third-order valence-electron chi connectivity index (χ3n) is 3.17. The highest BCUT2D eigenvalue weighted by Crippen LogP contribution is 2.35. The Morgan fingerprint density at radius 1 is 1.17 bits per heavy atom. The minimum Gasteiger partial charge on any atom is -0.477 e. The van der Waals surface area contributed by atoms with Gasteiger partial charge in [-0.3, -0.25) is 0 Å². The molecule has 0 spiro atoms. The van der Waals surface area contributed by atoms with E-state index in [9.17, 15) is 17.6 Å². The van der Waals surface area contributed by atoms with E-state index in [2.05, 4.69) is 15.3 Å². The first-order chi connectivity index (χ1) is 11.4. The fourth-order valence-electron chi connectivity index (χ4n) is 1.93. The number of unbranched alkanes of at least 4 members (excludes halogenated alkanes) is 2. The lowest BCUT2D eigenvalue weighted by molar-refractivity contribution is -0.139. The molecule has 4 nitrogen and oxygen atoms in total. The van der Waals surface area contributed by atoms with E-state index in [-0.39, 0.29) is 18.2 Å². The summed E-state index contributed by atoms with van der Waals surface area (Å²) in [4.78, 5) is 7.34. The molecule has 0 atom stereocenters. The van der Waals surface area contributed by atoms with Crippen LogP contribution in [0.5, 0.6) is 5.88 Å². The van der Waals surface area contributed by atoms with Crippen molar-refractivity contribution in [2.24, 2.45) is 0 Å². The second-order valence-electron chi connectivity index (χ2n) is 5.07. The van der Waals surface area contributed by atoms with Crippen molar-refractivity contribution in [3.05, 3.63) is 41.8 Å². The zero-order valence-corrected chi connectivity index (χ0v) is 13.0. The van der Waals surface area contributed by atoms with E-state index in [0.29, 0.717) is 12.6 Å². The van der Waals surface area contributed by atoms with Crippen LogP contribution in [0.3, 0.4) is 0 Å². The van der Waals surface area contributed by atoms with Crippen molar-refractivity contribution >= 4 is 11.6 Å². The quantitative estimate of drug-likeness (QED) is 0.571. The van der Waals surface area contributed by atoms with Gasteiger partial charge >= 0.3 is 6.18 Å². The first-order valence-corrected chi connectivity index (χ1v) is 7.50. The van der Waals surface area contributed by atoms with Crippen LogP contribution in [0, 0.1) is 5.82 Å². The second kappa shape index (κ2) is 7.94. The Kier molecular flexibility index (Phi) is 5.94. The third-order valence-corrected chi connectivity index (χ3v) is 3.17. The van der Waals surface area contributed by atoms with E-state index in [1.165, 1.54) is 18.2 Å². The predicted octanol–water partition coefficient (Wildman–Crippen LogP) is 4.95. The molecular weight excluding hydrogens is 326 g/mol. The van der Waals surface area contributed by atoms with E-state index in [0.717, 1.165) is 12.8 Å². The van der Waals surface area contributed by atoms with Crippen LogP contribution in [0.25, 0.3) is 0 Å². The number of nitrogens with one attached hydrogen (secondary N) is 1. The summed E-state index contributed by atoms with van der Waals surface area (Å²) in [5, 5.41) is 2.55. The van der Waals surface area contributed by atoms with E-state index in [4.69, 9.17) is 4.74 Å². The highest BCUT2D eigenvalue weighted by molar-refractivity contribution is 5.54. The number of aromatic nitrogens is 2. The summed E-state index contributed by atoms with van der Waals surface area (Å²) < 4.78 is 57.8. The van der Waals surface area contributed by atoms with Crippen LogP contribution in [-0.2, 0) is 6.18 Å². The lowest BCUT2D eigenvalue weighted by Crippen LogP contribution is -2.13.